The molecule has 0 radical (unpaired) electrons. The van der Waals surface area contributed by atoms with Crippen LogP contribution >= 0.6 is 11.8 Å². The molecule has 0 saturated carbocycles. The molecule has 2 aliphatic carbocycles. The third-order valence-corrected chi connectivity index (χ3v) is 16.8. The van der Waals surface area contributed by atoms with Gasteiger partial charge in [0.15, 0.2) is 0 Å². The Morgan fingerprint density at radius 2 is 0.761 bits per heavy atom. The van der Waals surface area contributed by atoms with Gasteiger partial charge >= 0.3 is 0 Å². The fourth-order valence-electron chi connectivity index (χ4n) is 12.8. The number of nitrogens with zero attached hydrogens (tertiary/aromatic N) is 1. The van der Waals surface area contributed by atoms with E-state index in [9.17, 15) is 0 Å². The molecule has 0 aromatic heterocycles. The summed E-state index contributed by atoms with van der Waals surface area (Å²) in [4.78, 5) is 5.12. The van der Waals surface area contributed by atoms with Gasteiger partial charge < -0.3 is 9.64 Å². The van der Waals surface area contributed by atoms with Crippen molar-refractivity contribution in [1.82, 2.24) is 0 Å². The standard InChI is InChI=1S/C68H43NOS/c1-2-19-44(20-3-1)45-37-39-46(40-38-45)48-21-7-14-32-60(48)69(47-41-42-65-59(43-47)67(57-30-13-17-36-64(57)71-65)52-25-8-4-22-49(52)50-23-5-9-26-53(50)67)61-33-18-31-58-66(61)51-24-6-10-27-54(51)68(58)55-28-11-15-34-62(55)70-63-35-16-12-29-56(63)68/h1-43H. The second-order valence-electron chi connectivity index (χ2n) is 19.0. The first-order valence-corrected chi connectivity index (χ1v) is 25.3. The number of fused-ring (bicyclic) bond motifs is 18. The van der Waals surface area contributed by atoms with Gasteiger partial charge in [-0.15, -0.1) is 0 Å². The van der Waals surface area contributed by atoms with Gasteiger partial charge in [0.25, 0.3) is 0 Å². The Morgan fingerprint density at radius 1 is 0.296 bits per heavy atom. The summed E-state index contributed by atoms with van der Waals surface area (Å²) >= 11 is 1.89. The molecule has 71 heavy (non-hydrogen) atoms. The lowest BCUT2D eigenvalue weighted by Crippen LogP contribution is -2.32. The molecule has 0 unspecified atom stereocenters. The van der Waals surface area contributed by atoms with Gasteiger partial charge in [0, 0.05) is 37.7 Å². The maximum absolute atomic E-state index is 6.77. The van der Waals surface area contributed by atoms with E-state index in [1.54, 1.807) is 0 Å². The van der Waals surface area contributed by atoms with Crippen molar-refractivity contribution in [3.8, 4) is 56.0 Å². The number of rotatable bonds is 5. The van der Waals surface area contributed by atoms with Gasteiger partial charge in [-0.25, -0.2) is 0 Å². The van der Waals surface area contributed by atoms with E-state index in [1.807, 2.05) is 11.8 Å². The highest BCUT2D eigenvalue weighted by atomic mass is 32.2. The van der Waals surface area contributed by atoms with E-state index in [4.69, 9.17) is 4.74 Å². The van der Waals surface area contributed by atoms with Gasteiger partial charge in [-0.3, -0.25) is 0 Å². The number of hydrogen-bond donors (Lipinski definition) is 0. The minimum Gasteiger partial charge on any atom is -0.457 e. The molecule has 332 valence electrons. The van der Waals surface area contributed by atoms with Crippen molar-refractivity contribution >= 4 is 28.8 Å². The summed E-state index contributed by atoms with van der Waals surface area (Å²) < 4.78 is 6.77. The van der Waals surface area contributed by atoms with Crippen LogP contribution in [0.5, 0.6) is 11.5 Å². The smallest absolute Gasteiger partial charge is 0.132 e. The quantitative estimate of drug-likeness (QED) is 0.171. The van der Waals surface area contributed by atoms with Gasteiger partial charge in [0.05, 0.1) is 22.2 Å². The van der Waals surface area contributed by atoms with Crippen LogP contribution in [0.2, 0.25) is 0 Å². The van der Waals surface area contributed by atoms with Gasteiger partial charge in [-0.2, -0.15) is 0 Å². The first-order valence-electron chi connectivity index (χ1n) is 24.5. The molecule has 0 atom stereocenters. The molecule has 0 N–H and O–H groups in total. The maximum Gasteiger partial charge on any atom is 0.132 e. The van der Waals surface area contributed by atoms with E-state index in [2.05, 4.69) is 266 Å². The fraction of sp³-hybridized carbons (Fsp3) is 0.0294. The third kappa shape index (κ3) is 5.55. The van der Waals surface area contributed by atoms with Crippen LogP contribution in [0.1, 0.15) is 44.5 Å². The number of benzene rings is 11. The Labute approximate surface area is 418 Å². The first kappa shape index (κ1) is 40.3. The van der Waals surface area contributed by atoms with Crippen LogP contribution < -0.4 is 9.64 Å². The molecule has 2 spiro atoms. The van der Waals surface area contributed by atoms with E-state index >= 15 is 0 Å². The Kier molecular flexibility index (Phi) is 8.76. The lowest BCUT2D eigenvalue weighted by Gasteiger charge is -2.41. The van der Waals surface area contributed by atoms with E-state index < -0.39 is 10.8 Å². The van der Waals surface area contributed by atoms with Crippen LogP contribution in [0, 0.1) is 0 Å². The molecule has 2 aliphatic heterocycles. The number of hydrogen-bond acceptors (Lipinski definition) is 3. The second kappa shape index (κ2) is 15.4. The van der Waals surface area contributed by atoms with Gasteiger partial charge in [0.1, 0.15) is 11.5 Å². The predicted octanol–water partition coefficient (Wildman–Crippen LogP) is 17.8. The summed E-state index contributed by atoms with van der Waals surface area (Å²) in [5, 5.41) is 0. The number of para-hydroxylation sites is 3. The number of anilines is 3. The number of ether oxygens (including phenoxy) is 1. The molecule has 2 heterocycles. The van der Waals surface area contributed by atoms with Gasteiger partial charge in [0.2, 0.25) is 0 Å². The Bertz CT molecular complexity index is 3870. The summed E-state index contributed by atoms with van der Waals surface area (Å²) in [6, 6.07) is 96.7. The summed E-state index contributed by atoms with van der Waals surface area (Å²) in [6.07, 6.45) is 0. The molecule has 4 aliphatic rings. The van der Waals surface area contributed by atoms with Crippen molar-refractivity contribution in [2.45, 2.75) is 20.6 Å². The molecular weight excluding hydrogens is 879 g/mol. The van der Waals surface area contributed by atoms with Crippen molar-refractivity contribution in [3.63, 3.8) is 0 Å². The summed E-state index contributed by atoms with van der Waals surface area (Å²) in [7, 11) is 0. The maximum atomic E-state index is 6.77. The van der Waals surface area contributed by atoms with Crippen LogP contribution in [-0.2, 0) is 10.8 Å². The summed E-state index contributed by atoms with van der Waals surface area (Å²) in [6.45, 7) is 0. The Hall–Kier alpha value is -8.63. The normalized spacial score (nSPS) is 14.2. The Balaban J connectivity index is 1.03. The molecular formula is C68H43NOS. The van der Waals surface area contributed by atoms with Crippen LogP contribution in [0.25, 0.3) is 44.5 Å². The fourth-order valence-corrected chi connectivity index (χ4v) is 14.0. The van der Waals surface area contributed by atoms with Crippen molar-refractivity contribution in [2.24, 2.45) is 0 Å². The minimum atomic E-state index is -0.622. The van der Waals surface area contributed by atoms with E-state index in [-0.39, 0.29) is 0 Å². The van der Waals surface area contributed by atoms with E-state index in [1.165, 1.54) is 76.6 Å². The lowest BCUT2D eigenvalue weighted by molar-refractivity contribution is 0.436. The van der Waals surface area contributed by atoms with Crippen LogP contribution in [-0.4, -0.2) is 0 Å². The molecule has 0 amide bonds. The summed E-state index contributed by atoms with van der Waals surface area (Å²) in [5.74, 6) is 1.77. The van der Waals surface area contributed by atoms with Crippen molar-refractivity contribution in [3.05, 3.63) is 305 Å². The zero-order valence-electron chi connectivity index (χ0n) is 38.6. The topological polar surface area (TPSA) is 12.5 Å². The first-order chi connectivity index (χ1) is 35.2. The molecule has 3 heteroatoms. The highest BCUT2D eigenvalue weighted by molar-refractivity contribution is 7.99. The zero-order valence-corrected chi connectivity index (χ0v) is 39.4. The van der Waals surface area contributed by atoms with Crippen LogP contribution in [0.15, 0.2) is 271 Å². The second-order valence-corrected chi connectivity index (χ2v) is 20.1. The predicted molar refractivity (Wildman–Crippen MR) is 291 cm³/mol. The molecule has 15 rings (SSSR count). The largest absolute Gasteiger partial charge is 0.457 e. The molecule has 11 aromatic rings. The van der Waals surface area contributed by atoms with Crippen molar-refractivity contribution < 1.29 is 4.74 Å². The van der Waals surface area contributed by atoms with Crippen LogP contribution in [0.3, 0.4) is 0 Å². The SMILES string of the molecule is c1ccc(-c2ccc(-c3ccccc3N(c3ccc4c(c3)C3(c5ccccc5S4)c4ccccc4-c4ccccc43)c3cccc4c3-c3ccccc3C43c4ccccc4Oc4ccccc43)cc2)cc1. The molecule has 2 nitrogen and oxygen atoms in total. The Morgan fingerprint density at radius 3 is 1.45 bits per heavy atom. The minimum absolute atomic E-state index is 0.538. The average Bonchev–Trinajstić information content (AvgIpc) is 3.90. The van der Waals surface area contributed by atoms with E-state index in [0.717, 1.165) is 50.8 Å². The molecule has 0 saturated heterocycles. The van der Waals surface area contributed by atoms with Gasteiger partial charge in [-0.05, 0) is 115 Å². The molecule has 0 bridgehead atoms. The van der Waals surface area contributed by atoms with Crippen LogP contribution in [0.4, 0.5) is 17.1 Å². The van der Waals surface area contributed by atoms with E-state index in [0.29, 0.717) is 0 Å². The monoisotopic (exact) mass is 921 g/mol. The molecule has 0 fully saturated rings. The average molecular weight is 922 g/mol. The van der Waals surface area contributed by atoms with Crippen molar-refractivity contribution in [1.29, 1.82) is 0 Å². The summed E-state index contributed by atoms with van der Waals surface area (Å²) in [5.41, 5.74) is 21.9. The molecule has 11 aromatic carbocycles. The third-order valence-electron chi connectivity index (χ3n) is 15.6. The van der Waals surface area contributed by atoms with Crippen molar-refractivity contribution in [2.75, 3.05) is 4.90 Å². The van der Waals surface area contributed by atoms with Gasteiger partial charge in [-0.1, -0.05) is 224 Å². The zero-order chi connectivity index (χ0) is 46.7. The highest BCUT2D eigenvalue weighted by Crippen LogP contribution is 2.66. The highest BCUT2D eigenvalue weighted by Gasteiger charge is 2.53. The lowest BCUT2D eigenvalue weighted by atomic mass is 9.66.